The van der Waals surface area contributed by atoms with Gasteiger partial charge in [-0.3, -0.25) is 14.2 Å². The molecule has 2 amide bonds. The van der Waals surface area contributed by atoms with Crippen molar-refractivity contribution < 1.29 is 14.3 Å². The number of para-hydroxylation sites is 2. The SMILES string of the molecule is COc1cccc(-c2nnc(SCC(=O)N3CC(=O)Nc4ccccc43)n2-c2ccc(C)cc2)c1. The summed E-state index contributed by atoms with van der Waals surface area (Å²) in [6.45, 7) is 2.01. The normalized spacial score (nSPS) is 12.7. The predicted molar refractivity (Wildman–Crippen MR) is 136 cm³/mol. The standard InChI is InChI=1S/C26H23N5O3S/c1-17-10-12-19(13-11-17)31-25(18-6-5-7-20(14-18)34-2)28-29-26(31)35-16-24(33)30-15-23(32)27-21-8-3-4-9-22(21)30/h3-14H,15-16H2,1-2H3,(H,27,32). The lowest BCUT2D eigenvalue weighted by Crippen LogP contribution is -2.43. The minimum Gasteiger partial charge on any atom is -0.497 e. The number of amides is 2. The van der Waals surface area contributed by atoms with Crippen LogP contribution in [0.15, 0.2) is 78.0 Å². The van der Waals surface area contributed by atoms with Gasteiger partial charge in [-0.25, -0.2) is 0 Å². The molecule has 2 heterocycles. The molecule has 35 heavy (non-hydrogen) atoms. The quantitative estimate of drug-likeness (QED) is 0.409. The van der Waals surface area contributed by atoms with Crippen molar-refractivity contribution in [2.45, 2.75) is 12.1 Å². The molecule has 0 unspecified atom stereocenters. The first-order valence-electron chi connectivity index (χ1n) is 11.0. The number of hydrogen-bond acceptors (Lipinski definition) is 6. The molecule has 0 spiro atoms. The Morgan fingerprint density at radius 3 is 2.66 bits per heavy atom. The van der Waals surface area contributed by atoms with E-state index in [9.17, 15) is 9.59 Å². The number of fused-ring (bicyclic) bond motifs is 1. The molecule has 0 bridgehead atoms. The van der Waals surface area contributed by atoms with Crippen molar-refractivity contribution in [2.75, 3.05) is 29.6 Å². The maximum absolute atomic E-state index is 13.2. The molecule has 3 aromatic carbocycles. The average molecular weight is 486 g/mol. The van der Waals surface area contributed by atoms with Gasteiger partial charge in [0.25, 0.3) is 0 Å². The van der Waals surface area contributed by atoms with Crippen LogP contribution in [0.2, 0.25) is 0 Å². The second-order valence-corrected chi connectivity index (χ2v) is 8.99. The Labute approximate surface area is 206 Å². The van der Waals surface area contributed by atoms with Crippen molar-refractivity contribution in [3.8, 4) is 22.8 Å². The zero-order valence-electron chi connectivity index (χ0n) is 19.3. The Morgan fingerprint density at radius 1 is 1.06 bits per heavy atom. The van der Waals surface area contributed by atoms with Crippen molar-refractivity contribution in [3.05, 3.63) is 78.4 Å². The molecule has 1 aromatic heterocycles. The number of carbonyl (C=O) groups is 2. The van der Waals surface area contributed by atoms with Gasteiger partial charge in [0.05, 0.1) is 24.2 Å². The Morgan fingerprint density at radius 2 is 1.86 bits per heavy atom. The van der Waals surface area contributed by atoms with Crippen LogP contribution in [-0.2, 0) is 9.59 Å². The Hall–Kier alpha value is -4.11. The number of ether oxygens (including phenoxy) is 1. The summed E-state index contributed by atoms with van der Waals surface area (Å²) in [4.78, 5) is 26.8. The van der Waals surface area contributed by atoms with Crippen molar-refractivity contribution in [1.29, 1.82) is 0 Å². The lowest BCUT2D eigenvalue weighted by molar-refractivity contribution is -0.120. The fourth-order valence-corrected chi connectivity index (χ4v) is 4.73. The molecule has 1 aliphatic heterocycles. The smallest absolute Gasteiger partial charge is 0.244 e. The summed E-state index contributed by atoms with van der Waals surface area (Å²) >= 11 is 1.28. The maximum Gasteiger partial charge on any atom is 0.244 e. The summed E-state index contributed by atoms with van der Waals surface area (Å²) in [6, 6.07) is 22.9. The zero-order chi connectivity index (χ0) is 24.4. The molecule has 0 saturated carbocycles. The van der Waals surface area contributed by atoms with E-state index in [2.05, 4.69) is 15.5 Å². The Balaban J connectivity index is 1.46. The molecule has 0 saturated heterocycles. The molecule has 0 aliphatic carbocycles. The van der Waals surface area contributed by atoms with Crippen LogP contribution in [0.4, 0.5) is 11.4 Å². The molecule has 4 aromatic rings. The van der Waals surface area contributed by atoms with E-state index in [0.717, 1.165) is 16.8 Å². The number of hydrogen-bond donors (Lipinski definition) is 1. The number of aromatic nitrogens is 3. The molecular weight excluding hydrogens is 462 g/mol. The van der Waals surface area contributed by atoms with Gasteiger partial charge in [-0.1, -0.05) is 53.7 Å². The average Bonchev–Trinajstić information content (AvgIpc) is 3.31. The van der Waals surface area contributed by atoms with Crippen LogP contribution in [0.5, 0.6) is 5.75 Å². The topological polar surface area (TPSA) is 89.4 Å². The van der Waals surface area contributed by atoms with Gasteiger partial charge in [0, 0.05) is 11.3 Å². The highest BCUT2D eigenvalue weighted by Gasteiger charge is 2.27. The third-order valence-corrected chi connectivity index (χ3v) is 6.56. The number of benzene rings is 3. The van der Waals surface area contributed by atoms with Crippen LogP contribution >= 0.6 is 11.8 Å². The largest absolute Gasteiger partial charge is 0.497 e. The first-order chi connectivity index (χ1) is 17.0. The predicted octanol–water partition coefficient (Wildman–Crippen LogP) is 4.33. The number of rotatable bonds is 6. The van der Waals surface area contributed by atoms with Gasteiger partial charge in [-0.15, -0.1) is 10.2 Å². The third kappa shape index (κ3) is 4.63. The van der Waals surface area contributed by atoms with Crippen molar-refractivity contribution in [1.82, 2.24) is 14.8 Å². The van der Waals surface area contributed by atoms with Gasteiger partial charge in [-0.2, -0.15) is 0 Å². The van der Waals surface area contributed by atoms with Crippen LogP contribution in [0.3, 0.4) is 0 Å². The molecular formula is C26H23N5O3S. The first-order valence-corrected chi connectivity index (χ1v) is 12.0. The lowest BCUT2D eigenvalue weighted by Gasteiger charge is -2.29. The number of nitrogens with one attached hydrogen (secondary N) is 1. The molecule has 0 atom stereocenters. The van der Waals surface area contributed by atoms with E-state index in [4.69, 9.17) is 4.74 Å². The molecule has 176 valence electrons. The molecule has 1 aliphatic rings. The van der Waals surface area contributed by atoms with Gasteiger partial charge in [0.15, 0.2) is 11.0 Å². The van der Waals surface area contributed by atoms with Gasteiger partial charge in [0.1, 0.15) is 12.3 Å². The van der Waals surface area contributed by atoms with Crippen LogP contribution < -0.4 is 15.0 Å². The van der Waals surface area contributed by atoms with Crippen LogP contribution in [-0.4, -0.2) is 46.0 Å². The van der Waals surface area contributed by atoms with Gasteiger partial charge in [0.2, 0.25) is 11.8 Å². The van der Waals surface area contributed by atoms with Gasteiger partial charge >= 0.3 is 0 Å². The molecule has 5 rings (SSSR count). The lowest BCUT2D eigenvalue weighted by atomic mass is 10.2. The summed E-state index contributed by atoms with van der Waals surface area (Å²) in [5.41, 5.74) is 4.18. The minimum absolute atomic E-state index is 0.0177. The fraction of sp³-hybridized carbons (Fsp3) is 0.154. The second kappa shape index (κ2) is 9.63. The van der Waals surface area contributed by atoms with Crippen LogP contribution in [0.1, 0.15) is 5.56 Å². The summed E-state index contributed by atoms with van der Waals surface area (Å²) in [6.07, 6.45) is 0. The number of aryl methyl sites for hydroxylation is 1. The summed E-state index contributed by atoms with van der Waals surface area (Å²) in [7, 11) is 1.62. The molecule has 9 heteroatoms. The molecule has 8 nitrogen and oxygen atoms in total. The Bertz CT molecular complexity index is 1400. The second-order valence-electron chi connectivity index (χ2n) is 8.04. The van der Waals surface area contributed by atoms with E-state index in [0.29, 0.717) is 28.1 Å². The zero-order valence-corrected chi connectivity index (χ0v) is 20.1. The number of carbonyl (C=O) groups excluding carboxylic acids is 2. The minimum atomic E-state index is -0.217. The highest BCUT2D eigenvalue weighted by atomic mass is 32.2. The summed E-state index contributed by atoms with van der Waals surface area (Å²) in [5.74, 6) is 1.06. The summed E-state index contributed by atoms with van der Waals surface area (Å²) in [5, 5.41) is 12.2. The fourth-order valence-electron chi connectivity index (χ4n) is 3.90. The highest BCUT2D eigenvalue weighted by molar-refractivity contribution is 7.99. The van der Waals surface area contributed by atoms with E-state index in [1.54, 1.807) is 13.2 Å². The van der Waals surface area contributed by atoms with Crippen LogP contribution in [0.25, 0.3) is 17.1 Å². The van der Waals surface area contributed by atoms with Gasteiger partial charge < -0.3 is 15.0 Å². The van der Waals surface area contributed by atoms with Crippen molar-refractivity contribution >= 4 is 35.0 Å². The first kappa shape index (κ1) is 22.7. The van der Waals surface area contributed by atoms with E-state index < -0.39 is 0 Å². The molecule has 1 N–H and O–H groups in total. The highest BCUT2D eigenvalue weighted by Crippen LogP contribution is 2.32. The monoisotopic (exact) mass is 485 g/mol. The number of thioether (sulfide) groups is 1. The van der Waals surface area contributed by atoms with Crippen LogP contribution in [0, 0.1) is 6.92 Å². The number of anilines is 2. The molecule has 0 fully saturated rings. The van der Waals surface area contributed by atoms with Crippen molar-refractivity contribution in [3.63, 3.8) is 0 Å². The van der Waals surface area contributed by atoms with E-state index in [-0.39, 0.29) is 24.1 Å². The number of methoxy groups -OCH3 is 1. The van der Waals surface area contributed by atoms with Gasteiger partial charge in [-0.05, 0) is 43.3 Å². The van der Waals surface area contributed by atoms with E-state index in [1.165, 1.54) is 16.7 Å². The molecule has 0 radical (unpaired) electrons. The number of nitrogens with zero attached hydrogens (tertiary/aromatic N) is 4. The van der Waals surface area contributed by atoms with Crippen molar-refractivity contribution in [2.24, 2.45) is 0 Å². The Kier molecular flexibility index (Phi) is 6.24. The van der Waals surface area contributed by atoms with E-state index >= 15 is 0 Å². The third-order valence-electron chi connectivity index (χ3n) is 5.65. The summed E-state index contributed by atoms with van der Waals surface area (Å²) < 4.78 is 7.32. The maximum atomic E-state index is 13.2. The van der Waals surface area contributed by atoms with E-state index in [1.807, 2.05) is 78.2 Å².